The Morgan fingerprint density at radius 3 is 2.55 bits per heavy atom. The lowest BCUT2D eigenvalue weighted by atomic mass is 10.1. The molecule has 2 nitrogen and oxygen atoms in total. The molecular formula is C8H11BrN2. The molecule has 1 rings (SSSR count). The highest BCUT2D eigenvalue weighted by molar-refractivity contribution is 9.10. The maximum Gasteiger partial charge on any atom is 0.123 e. The van der Waals surface area contributed by atoms with Gasteiger partial charge in [-0.3, -0.25) is 0 Å². The first kappa shape index (κ1) is 8.53. The fourth-order valence-corrected chi connectivity index (χ4v) is 1.56. The maximum absolute atomic E-state index is 5.53. The predicted molar refractivity (Wildman–Crippen MR) is 50.4 cm³/mol. The first-order chi connectivity index (χ1) is 5.11. The van der Waals surface area contributed by atoms with Crippen LogP contribution in [-0.2, 0) is 0 Å². The average Bonchev–Trinajstić information content (AvgIpc) is 1.94. The van der Waals surface area contributed by atoms with Crippen molar-refractivity contribution in [2.45, 2.75) is 19.8 Å². The lowest BCUT2D eigenvalue weighted by Crippen LogP contribution is -1.98. The second-order valence-corrected chi connectivity index (χ2v) is 3.61. The number of hydrogen-bond acceptors (Lipinski definition) is 2. The predicted octanol–water partition coefficient (Wildman–Crippen LogP) is 2.55. The lowest BCUT2D eigenvalue weighted by Gasteiger charge is -2.06. The smallest absolute Gasteiger partial charge is 0.123 e. The Kier molecular flexibility index (Phi) is 2.49. The van der Waals surface area contributed by atoms with Crippen LogP contribution in [0.5, 0.6) is 0 Å². The first-order valence-electron chi connectivity index (χ1n) is 3.53. The van der Waals surface area contributed by atoms with E-state index in [1.807, 2.05) is 6.07 Å². The zero-order valence-electron chi connectivity index (χ0n) is 6.63. The Balaban J connectivity index is 3.13. The summed E-state index contributed by atoms with van der Waals surface area (Å²) in [6, 6.07) is 3.72. The van der Waals surface area contributed by atoms with Gasteiger partial charge in [0, 0.05) is 4.47 Å². The third-order valence-corrected chi connectivity index (χ3v) is 2.11. The highest BCUT2D eigenvalue weighted by atomic mass is 79.9. The van der Waals surface area contributed by atoms with Gasteiger partial charge in [-0.15, -0.1) is 0 Å². The Morgan fingerprint density at radius 2 is 2.09 bits per heavy atom. The number of pyridine rings is 1. The van der Waals surface area contributed by atoms with E-state index in [0.717, 1.165) is 10.2 Å². The molecule has 0 saturated heterocycles. The van der Waals surface area contributed by atoms with E-state index in [2.05, 4.69) is 34.8 Å². The number of nitrogen functional groups attached to an aromatic ring is 1. The average molecular weight is 215 g/mol. The van der Waals surface area contributed by atoms with Gasteiger partial charge in [0.25, 0.3) is 0 Å². The minimum Gasteiger partial charge on any atom is -0.384 e. The van der Waals surface area contributed by atoms with E-state index >= 15 is 0 Å². The molecule has 0 aliphatic rings. The lowest BCUT2D eigenvalue weighted by molar-refractivity contribution is 0.818. The number of aromatic nitrogens is 1. The molecule has 60 valence electrons. The van der Waals surface area contributed by atoms with Crippen LogP contribution in [0.3, 0.4) is 0 Å². The van der Waals surface area contributed by atoms with Crippen molar-refractivity contribution in [3.05, 3.63) is 22.3 Å². The fourth-order valence-electron chi connectivity index (χ4n) is 0.879. The molecule has 0 fully saturated rings. The van der Waals surface area contributed by atoms with Gasteiger partial charge in [-0.05, 0) is 34.0 Å². The van der Waals surface area contributed by atoms with Crippen molar-refractivity contribution in [1.29, 1.82) is 0 Å². The van der Waals surface area contributed by atoms with Crippen LogP contribution < -0.4 is 5.73 Å². The third kappa shape index (κ3) is 1.93. The highest BCUT2D eigenvalue weighted by Gasteiger charge is 2.05. The van der Waals surface area contributed by atoms with Crippen molar-refractivity contribution in [2.24, 2.45) is 0 Å². The molecule has 11 heavy (non-hydrogen) atoms. The molecule has 3 heteroatoms. The van der Waals surface area contributed by atoms with Crippen LogP contribution in [0.15, 0.2) is 16.6 Å². The fraction of sp³-hybridized carbons (Fsp3) is 0.375. The van der Waals surface area contributed by atoms with Crippen LogP contribution in [-0.4, -0.2) is 4.98 Å². The van der Waals surface area contributed by atoms with Crippen molar-refractivity contribution in [3.63, 3.8) is 0 Å². The highest BCUT2D eigenvalue weighted by Crippen LogP contribution is 2.22. The van der Waals surface area contributed by atoms with Gasteiger partial charge in [-0.1, -0.05) is 13.8 Å². The molecular weight excluding hydrogens is 204 g/mol. The summed E-state index contributed by atoms with van der Waals surface area (Å²) in [5, 5.41) is 0. The van der Waals surface area contributed by atoms with Crippen molar-refractivity contribution < 1.29 is 0 Å². The second-order valence-electron chi connectivity index (χ2n) is 2.76. The van der Waals surface area contributed by atoms with Gasteiger partial charge in [-0.2, -0.15) is 0 Å². The topological polar surface area (TPSA) is 38.9 Å². The molecule has 0 radical (unpaired) electrons. The molecule has 0 aromatic carbocycles. The van der Waals surface area contributed by atoms with Gasteiger partial charge in [0.05, 0.1) is 5.69 Å². The number of hydrogen-bond donors (Lipinski definition) is 1. The molecule has 0 unspecified atom stereocenters. The van der Waals surface area contributed by atoms with E-state index in [9.17, 15) is 0 Å². The summed E-state index contributed by atoms with van der Waals surface area (Å²) in [5.74, 6) is 0.991. The standard InChI is InChI=1S/C8H11BrN2/c1-5(2)8-6(9)3-4-7(10)11-8/h3-5H,1-2H3,(H2,10,11). The van der Waals surface area contributed by atoms with Crippen LogP contribution >= 0.6 is 15.9 Å². The van der Waals surface area contributed by atoms with E-state index in [1.165, 1.54) is 0 Å². The summed E-state index contributed by atoms with van der Waals surface area (Å²) < 4.78 is 1.03. The summed E-state index contributed by atoms with van der Waals surface area (Å²) in [6.07, 6.45) is 0. The van der Waals surface area contributed by atoms with Crippen LogP contribution in [0.25, 0.3) is 0 Å². The molecule has 0 atom stereocenters. The minimum absolute atomic E-state index is 0.410. The summed E-state index contributed by atoms with van der Waals surface area (Å²) in [6.45, 7) is 4.18. The van der Waals surface area contributed by atoms with Gasteiger partial charge < -0.3 is 5.73 Å². The van der Waals surface area contributed by atoms with Crippen molar-refractivity contribution in [3.8, 4) is 0 Å². The van der Waals surface area contributed by atoms with Crippen LogP contribution in [0, 0.1) is 0 Å². The Hall–Kier alpha value is -0.570. The molecule has 0 amide bonds. The van der Waals surface area contributed by atoms with E-state index in [-0.39, 0.29) is 0 Å². The molecule has 1 aromatic heterocycles. The molecule has 0 saturated carbocycles. The molecule has 0 spiro atoms. The monoisotopic (exact) mass is 214 g/mol. The first-order valence-corrected chi connectivity index (χ1v) is 4.32. The third-order valence-electron chi connectivity index (χ3n) is 1.44. The zero-order valence-corrected chi connectivity index (χ0v) is 8.22. The van der Waals surface area contributed by atoms with Gasteiger partial charge in [0.1, 0.15) is 5.82 Å². The van der Waals surface area contributed by atoms with Crippen molar-refractivity contribution in [2.75, 3.05) is 5.73 Å². The van der Waals surface area contributed by atoms with Crippen LogP contribution in [0.2, 0.25) is 0 Å². The van der Waals surface area contributed by atoms with Gasteiger partial charge >= 0.3 is 0 Å². The normalized spacial score (nSPS) is 10.5. The molecule has 1 heterocycles. The number of rotatable bonds is 1. The SMILES string of the molecule is CC(C)c1nc(N)ccc1Br. The van der Waals surface area contributed by atoms with Crippen LogP contribution in [0.1, 0.15) is 25.5 Å². The van der Waals surface area contributed by atoms with E-state index < -0.39 is 0 Å². The number of nitrogens with zero attached hydrogens (tertiary/aromatic N) is 1. The Bertz CT molecular complexity index is 258. The molecule has 2 N–H and O–H groups in total. The number of nitrogens with two attached hydrogens (primary N) is 1. The summed E-state index contributed by atoms with van der Waals surface area (Å²) in [4.78, 5) is 4.20. The number of anilines is 1. The molecule has 1 aromatic rings. The van der Waals surface area contributed by atoms with Crippen LogP contribution in [0.4, 0.5) is 5.82 Å². The summed E-state index contributed by atoms with van der Waals surface area (Å²) in [7, 11) is 0. The van der Waals surface area contributed by atoms with Gasteiger partial charge in [-0.25, -0.2) is 4.98 Å². The largest absolute Gasteiger partial charge is 0.384 e. The number of halogens is 1. The molecule has 0 aliphatic heterocycles. The van der Waals surface area contributed by atoms with Crippen molar-refractivity contribution in [1.82, 2.24) is 4.98 Å². The summed E-state index contributed by atoms with van der Waals surface area (Å²) in [5.41, 5.74) is 6.55. The Morgan fingerprint density at radius 1 is 1.45 bits per heavy atom. The van der Waals surface area contributed by atoms with Gasteiger partial charge in [0.2, 0.25) is 0 Å². The van der Waals surface area contributed by atoms with E-state index in [0.29, 0.717) is 11.7 Å². The van der Waals surface area contributed by atoms with E-state index in [4.69, 9.17) is 5.73 Å². The summed E-state index contributed by atoms with van der Waals surface area (Å²) >= 11 is 3.41. The maximum atomic E-state index is 5.53. The van der Waals surface area contributed by atoms with E-state index in [1.54, 1.807) is 6.07 Å². The molecule has 0 bridgehead atoms. The minimum atomic E-state index is 0.410. The second kappa shape index (κ2) is 3.22. The molecule has 0 aliphatic carbocycles. The Labute approximate surface area is 75.0 Å². The quantitative estimate of drug-likeness (QED) is 0.781. The zero-order chi connectivity index (χ0) is 8.43. The van der Waals surface area contributed by atoms with Gasteiger partial charge in [0.15, 0.2) is 0 Å². The van der Waals surface area contributed by atoms with Crippen molar-refractivity contribution >= 4 is 21.7 Å².